The van der Waals surface area contributed by atoms with Crippen molar-refractivity contribution in [3.05, 3.63) is 82.9 Å². The van der Waals surface area contributed by atoms with Gasteiger partial charge in [0.2, 0.25) is 5.91 Å². The Morgan fingerprint density at radius 3 is 2.52 bits per heavy atom. The van der Waals surface area contributed by atoms with Crippen LogP contribution in [0.3, 0.4) is 0 Å². The van der Waals surface area contributed by atoms with Gasteiger partial charge in [0.1, 0.15) is 0 Å². The number of carbonyl (C=O) groups is 1. The second-order valence-corrected chi connectivity index (χ2v) is 5.64. The van der Waals surface area contributed by atoms with Crippen LogP contribution in [0.2, 0.25) is 5.02 Å². The van der Waals surface area contributed by atoms with E-state index in [4.69, 9.17) is 11.6 Å². The van der Waals surface area contributed by atoms with Gasteiger partial charge in [-0.3, -0.25) is 4.79 Å². The number of amides is 1. The second kappa shape index (κ2) is 7.07. The molecule has 0 atom stereocenters. The van der Waals surface area contributed by atoms with Gasteiger partial charge in [0, 0.05) is 5.02 Å². The highest BCUT2D eigenvalue weighted by Crippen LogP contribution is 2.14. The Morgan fingerprint density at radius 1 is 1.00 bits per heavy atom. The molecule has 0 unspecified atom stereocenters. The quantitative estimate of drug-likeness (QED) is 0.568. The van der Waals surface area contributed by atoms with Gasteiger partial charge in [-0.15, -0.1) is 0 Å². The summed E-state index contributed by atoms with van der Waals surface area (Å²) in [5.41, 5.74) is 4.38. The van der Waals surface area contributed by atoms with E-state index in [1.54, 1.807) is 18.3 Å². The first-order chi connectivity index (χ1) is 11.2. The third-order valence-electron chi connectivity index (χ3n) is 3.45. The van der Waals surface area contributed by atoms with E-state index in [9.17, 15) is 4.79 Å². The number of rotatable bonds is 4. The summed E-state index contributed by atoms with van der Waals surface area (Å²) in [5, 5.41) is 6.99. The lowest BCUT2D eigenvalue weighted by Crippen LogP contribution is -2.19. The molecule has 0 saturated heterocycles. The first-order valence-corrected chi connectivity index (χ1v) is 7.64. The zero-order chi connectivity index (χ0) is 16.1. The van der Waals surface area contributed by atoms with Gasteiger partial charge in [-0.05, 0) is 40.1 Å². The largest absolute Gasteiger partial charge is 0.273 e. The lowest BCUT2D eigenvalue weighted by Gasteiger charge is -2.01. The van der Waals surface area contributed by atoms with Gasteiger partial charge in [-0.1, -0.05) is 60.1 Å². The highest BCUT2D eigenvalue weighted by atomic mass is 35.5. The molecule has 0 saturated carbocycles. The average Bonchev–Trinajstić information content (AvgIpc) is 2.57. The highest BCUT2D eigenvalue weighted by molar-refractivity contribution is 6.30. The van der Waals surface area contributed by atoms with Gasteiger partial charge < -0.3 is 0 Å². The number of hydrogen-bond acceptors (Lipinski definition) is 2. The van der Waals surface area contributed by atoms with Crippen LogP contribution >= 0.6 is 11.6 Å². The van der Waals surface area contributed by atoms with Crippen molar-refractivity contribution in [1.82, 2.24) is 5.43 Å². The Morgan fingerprint density at radius 2 is 1.74 bits per heavy atom. The fourth-order valence-corrected chi connectivity index (χ4v) is 2.42. The molecule has 0 radical (unpaired) electrons. The number of hydrogen-bond donors (Lipinski definition) is 1. The normalized spacial score (nSPS) is 11.0. The van der Waals surface area contributed by atoms with E-state index in [0.717, 1.165) is 16.5 Å². The van der Waals surface area contributed by atoms with Crippen molar-refractivity contribution in [2.45, 2.75) is 6.42 Å². The van der Waals surface area contributed by atoms with Gasteiger partial charge in [0.05, 0.1) is 12.6 Å². The molecule has 3 rings (SSSR count). The third-order valence-corrected chi connectivity index (χ3v) is 3.71. The fraction of sp³-hybridized carbons (Fsp3) is 0.0526. The molecule has 0 bridgehead atoms. The number of carbonyl (C=O) groups excluding carboxylic acids is 1. The summed E-state index contributed by atoms with van der Waals surface area (Å²) in [6, 6.07) is 21.3. The minimum atomic E-state index is -0.163. The van der Waals surface area contributed by atoms with Crippen molar-refractivity contribution < 1.29 is 4.79 Å². The third kappa shape index (κ3) is 4.18. The Balaban J connectivity index is 1.60. The predicted octanol–water partition coefficient (Wildman–Crippen LogP) is 4.19. The molecule has 114 valence electrons. The van der Waals surface area contributed by atoms with Crippen molar-refractivity contribution in [2.24, 2.45) is 5.10 Å². The molecule has 1 amide bonds. The minimum absolute atomic E-state index is 0.163. The van der Waals surface area contributed by atoms with Crippen molar-refractivity contribution in [2.75, 3.05) is 0 Å². The van der Waals surface area contributed by atoms with Gasteiger partial charge in [-0.25, -0.2) is 5.43 Å². The summed E-state index contributed by atoms with van der Waals surface area (Å²) in [5.74, 6) is -0.163. The van der Waals surface area contributed by atoms with E-state index in [-0.39, 0.29) is 12.3 Å². The zero-order valence-electron chi connectivity index (χ0n) is 12.4. The molecular formula is C19H15ClN2O. The number of nitrogens with zero attached hydrogens (tertiary/aromatic N) is 1. The van der Waals surface area contributed by atoms with Crippen LogP contribution in [0.15, 0.2) is 71.8 Å². The predicted molar refractivity (Wildman–Crippen MR) is 94.8 cm³/mol. The number of hydrazone groups is 1. The van der Waals surface area contributed by atoms with Crippen molar-refractivity contribution in [1.29, 1.82) is 0 Å². The van der Waals surface area contributed by atoms with Gasteiger partial charge in [0.15, 0.2) is 0 Å². The van der Waals surface area contributed by atoms with E-state index in [2.05, 4.69) is 16.6 Å². The van der Waals surface area contributed by atoms with E-state index in [1.165, 1.54) is 5.39 Å². The molecule has 0 aliphatic rings. The maximum absolute atomic E-state index is 11.8. The summed E-state index contributed by atoms with van der Waals surface area (Å²) in [4.78, 5) is 11.8. The molecule has 3 nitrogen and oxygen atoms in total. The molecule has 0 spiro atoms. The van der Waals surface area contributed by atoms with E-state index in [1.807, 2.05) is 48.5 Å². The number of fused-ring (bicyclic) bond motifs is 1. The molecular weight excluding hydrogens is 308 g/mol. The molecule has 3 aromatic rings. The standard InChI is InChI=1S/C19H15ClN2O/c20-18-9-6-14(7-10-18)12-19(23)22-21-13-15-5-8-16-3-1-2-4-17(16)11-15/h1-11,13H,12H2,(H,22,23). The van der Waals surface area contributed by atoms with Gasteiger partial charge in [0.25, 0.3) is 0 Å². The lowest BCUT2D eigenvalue weighted by atomic mass is 10.1. The molecule has 4 heteroatoms. The molecule has 23 heavy (non-hydrogen) atoms. The van der Waals surface area contributed by atoms with E-state index < -0.39 is 0 Å². The Bertz CT molecular complexity index is 857. The van der Waals surface area contributed by atoms with Crippen LogP contribution in [0.1, 0.15) is 11.1 Å². The summed E-state index contributed by atoms with van der Waals surface area (Å²) >= 11 is 5.82. The molecule has 1 N–H and O–H groups in total. The smallest absolute Gasteiger partial charge is 0.244 e. The van der Waals surface area contributed by atoms with Crippen LogP contribution in [0.25, 0.3) is 10.8 Å². The van der Waals surface area contributed by atoms with Crippen LogP contribution in [-0.2, 0) is 11.2 Å². The summed E-state index contributed by atoms with van der Waals surface area (Å²) < 4.78 is 0. The van der Waals surface area contributed by atoms with Crippen molar-refractivity contribution in [3.8, 4) is 0 Å². The summed E-state index contributed by atoms with van der Waals surface area (Å²) in [7, 11) is 0. The van der Waals surface area contributed by atoms with E-state index in [0.29, 0.717) is 5.02 Å². The summed E-state index contributed by atoms with van der Waals surface area (Å²) in [6.45, 7) is 0. The molecule has 3 aromatic carbocycles. The topological polar surface area (TPSA) is 41.5 Å². The van der Waals surface area contributed by atoms with Gasteiger partial charge >= 0.3 is 0 Å². The zero-order valence-corrected chi connectivity index (χ0v) is 13.1. The van der Waals surface area contributed by atoms with Crippen LogP contribution in [0.5, 0.6) is 0 Å². The molecule has 0 aliphatic carbocycles. The highest BCUT2D eigenvalue weighted by Gasteiger charge is 2.01. The number of halogens is 1. The Kier molecular flexibility index (Phi) is 4.69. The van der Waals surface area contributed by atoms with Crippen molar-refractivity contribution >= 4 is 34.5 Å². The fourth-order valence-electron chi connectivity index (χ4n) is 2.29. The maximum Gasteiger partial charge on any atom is 0.244 e. The number of nitrogens with one attached hydrogen (secondary N) is 1. The Hall–Kier alpha value is -2.65. The van der Waals surface area contributed by atoms with Gasteiger partial charge in [-0.2, -0.15) is 5.10 Å². The SMILES string of the molecule is O=C(Cc1ccc(Cl)cc1)NN=Cc1ccc2ccccc2c1. The Labute approximate surface area is 139 Å². The maximum atomic E-state index is 11.8. The number of benzene rings is 3. The van der Waals surface area contributed by atoms with E-state index >= 15 is 0 Å². The molecule has 0 aliphatic heterocycles. The van der Waals surface area contributed by atoms with Crippen molar-refractivity contribution in [3.63, 3.8) is 0 Å². The monoisotopic (exact) mass is 322 g/mol. The average molecular weight is 323 g/mol. The van der Waals surface area contributed by atoms with Crippen LogP contribution in [0.4, 0.5) is 0 Å². The second-order valence-electron chi connectivity index (χ2n) is 5.20. The molecule has 0 aromatic heterocycles. The minimum Gasteiger partial charge on any atom is -0.273 e. The molecule has 0 fully saturated rings. The first-order valence-electron chi connectivity index (χ1n) is 7.26. The van der Waals surface area contributed by atoms with Crippen LogP contribution in [-0.4, -0.2) is 12.1 Å². The van der Waals surface area contributed by atoms with Crippen LogP contribution in [0, 0.1) is 0 Å². The lowest BCUT2D eigenvalue weighted by molar-refractivity contribution is -0.120. The van der Waals surface area contributed by atoms with Crippen LogP contribution < -0.4 is 5.43 Å². The molecule has 0 heterocycles. The summed E-state index contributed by atoms with van der Waals surface area (Å²) in [6.07, 6.45) is 1.92. The first kappa shape index (κ1) is 15.3.